The number of nitrogens with zero attached hydrogens (tertiary/aromatic N) is 3. The summed E-state index contributed by atoms with van der Waals surface area (Å²) in [6, 6.07) is 16.4. The largest absolute Gasteiger partial charge is 0.496 e. The number of hydrogen-bond donors (Lipinski definition) is 0. The summed E-state index contributed by atoms with van der Waals surface area (Å²) in [6.45, 7) is 8.69. The van der Waals surface area contributed by atoms with E-state index in [1.54, 1.807) is 14.2 Å². The van der Waals surface area contributed by atoms with E-state index < -0.39 is 0 Å². The standard InChI is InChI=1S/C27H33N3O2/c1-26(2)15-20(16-27(3,4)32-26)23-18-30(21-13-11-19(12-14-21)17-28-5)25(29-23)22-9-7-8-10-24(22)31-6/h7-14,17-18,20H,15-16H2,1-6H3/b28-17+. The van der Waals surface area contributed by atoms with Crippen LogP contribution in [-0.2, 0) is 4.74 Å². The molecule has 0 N–H and O–H groups in total. The number of hydrogen-bond acceptors (Lipinski definition) is 4. The van der Waals surface area contributed by atoms with Crippen molar-refractivity contribution in [2.24, 2.45) is 4.99 Å². The van der Waals surface area contributed by atoms with Crippen LogP contribution in [0.3, 0.4) is 0 Å². The van der Waals surface area contributed by atoms with E-state index in [2.05, 4.69) is 73.8 Å². The molecule has 4 rings (SSSR count). The van der Waals surface area contributed by atoms with Crippen molar-refractivity contribution in [2.45, 2.75) is 57.7 Å². The van der Waals surface area contributed by atoms with E-state index in [0.29, 0.717) is 5.92 Å². The first-order chi connectivity index (χ1) is 15.2. The van der Waals surface area contributed by atoms with Crippen LogP contribution >= 0.6 is 0 Å². The Kier molecular flexibility index (Phi) is 5.95. The minimum Gasteiger partial charge on any atom is -0.496 e. The highest BCUT2D eigenvalue weighted by Crippen LogP contribution is 2.44. The second kappa shape index (κ2) is 8.55. The van der Waals surface area contributed by atoms with Crippen molar-refractivity contribution < 1.29 is 9.47 Å². The molecule has 2 aromatic carbocycles. The Morgan fingerprint density at radius 1 is 1.03 bits per heavy atom. The maximum absolute atomic E-state index is 6.32. The predicted octanol–water partition coefficient (Wildman–Crippen LogP) is 6.05. The van der Waals surface area contributed by atoms with E-state index in [0.717, 1.165) is 46.9 Å². The van der Waals surface area contributed by atoms with Crippen LogP contribution in [-0.4, -0.2) is 41.1 Å². The molecule has 3 aromatic rings. The lowest BCUT2D eigenvalue weighted by atomic mass is 9.79. The highest BCUT2D eigenvalue weighted by Gasteiger charge is 2.41. The van der Waals surface area contributed by atoms with Gasteiger partial charge < -0.3 is 9.47 Å². The molecule has 1 aromatic heterocycles. The van der Waals surface area contributed by atoms with Crippen molar-refractivity contribution in [1.82, 2.24) is 9.55 Å². The van der Waals surface area contributed by atoms with Gasteiger partial charge in [-0.05, 0) is 70.4 Å². The quantitative estimate of drug-likeness (QED) is 0.462. The summed E-state index contributed by atoms with van der Waals surface area (Å²) in [6.07, 6.45) is 5.92. The molecule has 168 valence electrons. The molecule has 0 saturated carbocycles. The van der Waals surface area contributed by atoms with Crippen LogP contribution in [0.5, 0.6) is 5.75 Å². The number of imidazole rings is 1. The number of methoxy groups -OCH3 is 1. The van der Waals surface area contributed by atoms with Crippen molar-refractivity contribution in [2.75, 3.05) is 14.2 Å². The summed E-state index contributed by atoms with van der Waals surface area (Å²) in [5.41, 5.74) is 3.82. The van der Waals surface area contributed by atoms with E-state index >= 15 is 0 Å². The maximum atomic E-state index is 6.32. The van der Waals surface area contributed by atoms with Gasteiger partial charge in [0.1, 0.15) is 11.6 Å². The maximum Gasteiger partial charge on any atom is 0.148 e. The fraction of sp³-hybridized carbons (Fsp3) is 0.407. The molecule has 0 unspecified atom stereocenters. The molecule has 32 heavy (non-hydrogen) atoms. The molecule has 1 fully saturated rings. The third-order valence-electron chi connectivity index (χ3n) is 5.97. The van der Waals surface area contributed by atoms with Gasteiger partial charge in [0.2, 0.25) is 0 Å². The normalized spacial score (nSPS) is 18.2. The number of aromatic nitrogens is 2. The van der Waals surface area contributed by atoms with Gasteiger partial charge in [0, 0.05) is 31.1 Å². The molecule has 5 nitrogen and oxygen atoms in total. The Balaban J connectivity index is 1.83. The summed E-state index contributed by atoms with van der Waals surface area (Å²) >= 11 is 0. The molecule has 0 aliphatic carbocycles. The minimum atomic E-state index is -0.193. The first kappa shape index (κ1) is 22.3. The lowest BCUT2D eigenvalue weighted by Crippen LogP contribution is -2.44. The monoisotopic (exact) mass is 431 g/mol. The van der Waals surface area contributed by atoms with Gasteiger partial charge in [0.05, 0.1) is 29.6 Å². The summed E-state index contributed by atoms with van der Waals surface area (Å²) in [7, 11) is 3.49. The van der Waals surface area contributed by atoms with Gasteiger partial charge in [-0.3, -0.25) is 9.56 Å². The van der Waals surface area contributed by atoms with Crippen LogP contribution in [0.2, 0.25) is 0 Å². The van der Waals surface area contributed by atoms with Crippen LogP contribution in [0, 0.1) is 0 Å². The van der Waals surface area contributed by atoms with Crippen molar-refractivity contribution in [3.8, 4) is 22.8 Å². The van der Waals surface area contributed by atoms with Crippen molar-refractivity contribution in [3.05, 3.63) is 66.0 Å². The lowest BCUT2D eigenvalue weighted by Gasteiger charge is -2.45. The molecule has 0 bridgehead atoms. The molecular formula is C27H33N3O2. The average molecular weight is 432 g/mol. The molecule has 2 heterocycles. The Morgan fingerprint density at radius 3 is 2.31 bits per heavy atom. The van der Waals surface area contributed by atoms with E-state index in [1.807, 2.05) is 24.4 Å². The number of para-hydroxylation sites is 1. The summed E-state index contributed by atoms with van der Waals surface area (Å²) in [4.78, 5) is 9.30. The molecule has 1 saturated heterocycles. The second-order valence-corrected chi connectivity index (χ2v) is 9.77. The van der Waals surface area contributed by atoms with Crippen LogP contribution < -0.4 is 4.74 Å². The molecule has 0 amide bonds. The Bertz CT molecular complexity index is 1090. The number of rotatable bonds is 5. The highest BCUT2D eigenvalue weighted by molar-refractivity contribution is 5.80. The van der Waals surface area contributed by atoms with Crippen molar-refractivity contribution >= 4 is 6.21 Å². The van der Waals surface area contributed by atoms with E-state index in [1.165, 1.54) is 0 Å². The summed E-state index contributed by atoms with van der Waals surface area (Å²) < 4.78 is 14.2. The highest BCUT2D eigenvalue weighted by atomic mass is 16.5. The van der Waals surface area contributed by atoms with Gasteiger partial charge >= 0.3 is 0 Å². The fourth-order valence-electron chi connectivity index (χ4n) is 4.98. The van der Waals surface area contributed by atoms with Crippen LogP contribution in [0.1, 0.15) is 57.7 Å². The van der Waals surface area contributed by atoms with E-state index in [4.69, 9.17) is 14.5 Å². The van der Waals surface area contributed by atoms with Crippen LogP contribution in [0.15, 0.2) is 59.7 Å². The van der Waals surface area contributed by atoms with Crippen molar-refractivity contribution in [3.63, 3.8) is 0 Å². The number of aliphatic imine (C=N–C) groups is 1. The zero-order chi connectivity index (χ0) is 22.9. The average Bonchev–Trinajstić information content (AvgIpc) is 3.18. The predicted molar refractivity (Wildman–Crippen MR) is 130 cm³/mol. The van der Waals surface area contributed by atoms with Gasteiger partial charge in [0.15, 0.2) is 0 Å². The molecule has 5 heteroatoms. The van der Waals surface area contributed by atoms with Gasteiger partial charge in [-0.2, -0.15) is 0 Å². The Morgan fingerprint density at radius 2 is 1.69 bits per heavy atom. The molecule has 0 radical (unpaired) electrons. The van der Waals surface area contributed by atoms with Gasteiger partial charge in [-0.25, -0.2) is 4.98 Å². The third kappa shape index (κ3) is 4.63. The summed E-state index contributed by atoms with van der Waals surface area (Å²) in [5, 5.41) is 0. The minimum absolute atomic E-state index is 0.193. The molecule has 1 aliphatic heterocycles. The first-order valence-corrected chi connectivity index (χ1v) is 11.2. The van der Waals surface area contributed by atoms with Crippen LogP contribution in [0.4, 0.5) is 0 Å². The Hall–Kier alpha value is -2.92. The molecular weight excluding hydrogens is 398 g/mol. The summed E-state index contributed by atoms with van der Waals surface area (Å²) in [5.74, 6) is 2.01. The van der Waals surface area contributed by atoms with Gasteiger partial charge in [0.25, 0.3) is 0 Å². The zero-order valence-corrected chi connectivity index (χ0v) is 19.9. The molecule has 1 aliphatic rings. The number of ether oxygens (including phenoxy) is 2. The van der Waals surface area contributed by atoms with Crippen LogP contribution in [0.25, 0.3) is 17.1 Å². The van der Waals surface area contributed by atoms with Gasteiger partial charge in [-0.15, -0.1) is 0 Å². The second-order valence-electron chi connectivity index (χ2n) is 9.77. The SMILES string of the molecule is C/N=C/c1ccc(-n2cc(C3CC(C)(C)OC(C)(C)C3)nc2-c2ccccc2OC)cc1. The number of benzene rings is 2. The van der Waals surface area contributed by atoms with Crippen molar-refractivity contribution in [1.29, 1.82) is 0 Å². The zero-order valence-electron chi connectivity index (χ0n) is 19.9. The first-order valence-electron chi connectivity index (χ1n) is 11.2. The van der Waals surface area contributed by atoms with Gasteiger partial charge in [-0.1, -0.05) is 24.3 Å². The lowest BCUT2D eigenvalue weighted by molar-refractivity contribution is -0.162. The topological polar surface area (TPSA) is 48.6 Å². The van der Waals surface area contributed by atoms with E-state index in [-0.39, 0.29) is 11.2 Å². The molecule has 0 spiro atoms. The molecule has 0 atom stereocenters. The van der Waals surface area contributed by atoms with E-state index in [9.17, 15) is 0 Å². The smallest absolute Gasteiger partial charge is 0.148 e. The third-order valence-corrected chi connectivity index (χ3v) is 5.97. The fourth-order valence-corrected chi connectivity index (χ4v) is 4.98. The Labute approximate surface area is 191 Å².